The van der Waals surface area contributed by atoms with Crippen LogP contribution in [0.15, 0.2) is 48.5 Å². The van der Waals surface area contributed by atoms with Crippen LogP contribution in [0.1, 0.15) is 6.42 Å². The molecule has 7 heteroatoms. The van der Waals surface area contributed by atoms with Crippen molar-refractivity contribution in [2.45, 2.75) is 12.5 Å². The SMILES string of the molecule is COc1ccccc1N1CCN([C@H]2CC(=O)N(c3ccc(Cl)cc3)C2=O)CC1. The van der Waals surface area contributed by atoms with E-state index in [9.17, 15) is 9.59 Å². The molecule has 6 nitrogen and oxygen atoms in total. The van der Waals surface area contributed by atoms with Gasteiger partial charge in [-0.15, -0.1) is 0 Å². The predicted molar refractivity (Wildman–Crippen MR) is 109 cm³/mol. The second-order valence-corrected chi connectivity index (χ2v) is 7.40. The minimum Gasteiger partial charge on any atom is -0.495 e. The Balaban J connectivity index is 1.44. The van der Waals surface area contributed by atoms with Crippen LogP contribution in [0, 0.1) is 0 Å². The molecule has 0 spiro atoms. The van der Waals surface area contributed by atoms with Gasteiger partial charge >= 0.3 is 0 Å². The van der Waals surface area contributed by atoms with Crippen LogP contribution in [-0.4, -0.2) is 56.0 Å². The van der Waals surface area contributed by atoms with Gasteiger partial charge in [-0.1, -0.05) is 23.7 Å². The van der Waals surface area contributed by atoms with E-state index >= 15 is 0 Å². The number of nitrogens with zero attached hydrogens (tertiary/aromatic N) is 3. The van der Waals surface area contributed by atoms with Gasteiger partial charge in [0.25, 0.3) is 5.91 Å². The van der Waals surface area contributed by atoms with E-state index in [2.05, 4.69) is 9.80 Å². The Kier molecular flexibility index (Phi) is 5.24. The number of anilines is 2. The van der Waals surface area contributed by atoms with Crippen LogP contribution >= 0.6 is 11.6 Å². The lowest BCUT2D eigenvalue weighted by molar-refractivity contribution is -0.123. The van der Waals surface area contributed by atoms with Crippen molar-refractivity contribution in [3.63, 3.8) is 0 Å². The Labute approximate surface area is 169 Å². The predicted octanol–water partition coefficient (Wildman–Crippen LogP) is 2.80. The van der Waals surface area contributed by atoms with Crippen molar-refractivity contribution < 1.29 is 14.3 Å². The fraction of sp³-hybridized carbons (Fsp3) is 0.333. The van der Waals surface area contributed by atoms with Gasteiger partial charge in [0.05, 0.1) is 30.9 Å². The number of carbonyl (C=O) groups is 2. The summed E-state index contributed by atoms with van der Waals surface area (Å²) in [6.45, 7) is 2.99. The molecule has 4 rings (SSSR count). The number of rotatable bonds is 4. The highest BCUT2D eigenvalue weighted by atomic mass is 35.5. The molecule has 0 bridgehead atoms. The highest BCUT2D eigenvalue weighted by Gasteiger charge is 2.43. The molecule has 2 aliphatic heterocycles. The smallest absolute Gasteiger partial charge is 0.251 e. The average molecular weight is 400 g/mol. The van der Waals surface area contributed by atoms with E-state index < -0.39 is 6.04 Å². The summed E-state index contributed by atoms with van der Waals surface area (Å²) >= 11 is 5.92. The molecule has 0 N–H and O–H groups in total. The van der Waals surface area contributed by atoms with E-state index in [1.54, 1.807) is 31.4 Å². The van der Waals surface area contributed by atoms with Crippen molar-refractivity contribution in [3.8, 4) is 5.75 Å². The second-order valence-electron chi connectivity index (χ2n) is 6.96. The first-order valence-electron chi connectivity index (χ1n) is 9.33. The number of piperazine rings is 1. The Morgan fingerprint density at radius 1 is 0.964 bits per heavy atom. The molecule has 2 fully saturated rings. The van der Waals surface area contributed by atoms with Gasteiger partial charge in [0.15, 0.2) is 0 Å². The Bertz CT molecular complexity index is 879. The van der Waals surface area contributed by atoms with Crippen molar-refractivity contribution in [1.29, 1.82) is 0 Å². The first-order chi connectivity index (χ1) is 13.6. The van der Waals surface area contributed by atoms with Gasteiger partial charge in [-0.3, -0.25) is 14.5 Å². The largest absolute Gasteiger partial charge is 0.495 e. The van der Waals surface area contributed by atoms with Crippen molar-refractivity contribution in [3.05, 3.63) is 53.6 Å². The van der Waals surface area contributed by atoms with Gasteiger partial charge < -0.3 is 9.64 Å². The van der Waals surface area contributed by atoms with Gasteiger partial charge in [0, 0.05) is 31.2 Å². The molecule has 0 unspecified atom stereocenters. The molecular weight excluding hydrogens is 378 g/mol. The average Bonchev–Trinajstić information content (AvgIpc) is 3.03. The minimum atomic E-state index is -0.400. The molecular formula is C21H22ClN3O3. The molecule has 0 saturated carbocycles. The van der Waals surface area contributed by atoms with Crippen molar-refractivity contribution in [2.24, 2.45) is 0 Å². The molecule has 2 aromatic carbocycles. The first-order valence-corrected chi connectivity index (χ1v) is 9.70. The summed E-state index contributed by atoms with van der Waals surface area (Å²) in [7, 11) is 1.67. The minimum absolute atomic E-state index is 0.155. The zero-order chi connectivity index (χ0) is 19.7. The zero-order valence-electron chi connectivity index (χ0n) is 15.7. The summed E-state index contributed by atoms with van der Waals surface area (Å²) in [5.41, 5.74) is 1.64. The number of hydrogen-bond acceptors (Lipinski definition) is 5. The fourth-order valence-electron chi connectivity index (χ4n) is 3.93. The maximum absolute atomic E-state index is 12.9. The molecule has 0 aromatic heterocycles. The fourth-order valence-corrected chi connectivity index (χ4v) is 4.05. The summed E-state index contributed by atoms with van der Waals surface area (Å²) in [5.74, 6) is 0.527. The van der Waals surface area contributed by atoms with E-state index in [0.717, 1.165) is 37.6 Å². The molecule has 0 radical (unpaired) electrons. The number of carbonyl (C=O) groups excluding carboxylic acids is 2. The van der Waals surface area contributed by atoms with Crippen LogP contribution in [0.4, 0.5) is 11.4 Å². The standard InChI is InChI=1S/C21H22ClN3O3/c1-28-19-5-3-2-4-17(19)23-10-12-24(13-11-23)18-14-20(26)25(21(18)27)16-8-6-15(22)7-9-16/h2-9,18H,10-14H2,1H3/t18-/m0/s1. The van der Waals surface area contributed by atoms with Gasteiger partial charge in [-0.2, -0.15) is 0 Å². The van der Waals surface area contributed by atoms with Crippen LogP contribution in [0.5, 0.6) is 5.75 Å². The lowest BCUT2D eigenvalue weighted by Gasteiger charge is -2.38. The van der Waals surface area contributed by atoms with E-state index in [1.165, 1.54) is 4.90 Å². The van der Waals surface area contributed by atoms with Crippen LogP contribution < -0.4 is 14.5 Å². The zero-order valence-corrected chi connectivity index (χ0v) is 16.4. The van der Waals surface area contributed by atoms with Gasteiger partial charge in [-0.05, 0) is 36.4 Å². The quantitative estimate of drug-likeness (QED) is 0.740. The molecule has 2 aliphatic rings. The normalized spacial score (nSPS) is 20.7. The maximum atomic E-state index is 12.9. The number of methoxy groups -OCH3 is 1. The molecule has 2 amide bonds. The number of ether oxygens (including phenoxy) is 1. The second kappa shape index (κ2) is 7.81. The van der Waals surface area contributed by atoms with Crippen molar-refractivity contribution in [1.82, 2.24) is 4.90 Å². The highest BCUT2D eigenvalue weighted by Crippen LogP contribution is 2.31. The van der Waals surface area contributed by atoms with Gasteiger partial charge in [-0.25, -0.2) is 4.90 Å². The monoisotopic (exact) mass is 399 g/mol. The number of hydrogen-bond donors (Lipinski definition) is 0. The van der Waals surface area contributed by atoms with Gasteiger partial charge in [0.1, 0.15) is 5.75 Å². The molecule has 2 saturated heterocycles. The molecule has 0 aliphatic carbocycles. The summed E-state index contributed by atoms with van der Waals surface area (Å²) in [6.07, 6.45) is 0.218. The van der Waals surface area contributed by atoms with Crippen LogP contribution in [0.25, 0.3) is 0 Å². The van der Waals surface area contributed by atoms with E-state index in [1.807, 2.05) is 24.3 Å². The number of amides is 2. The maximum Gasteiger partial charge on any atom is 0.251 e. The van der Waals surface area contributed by atoms with Crippen LogP contribution in [0.3, 0.4) is 0 Å². The number of para-hydroxylation sites is 2. The van der Waals surface area contributed by atoms with Crippen molar-refractivity contribution in [2.75, 3.05) is 43.1 Å². The molecule has 2 heterocycles. The van der Waals surface area contributed by atoms with E-state index in [4.69, 9.17) is 16.3 Å². The molecule has 146 valence electrons. The molecule has 2 aromatic rings. The third-order valence-electron chi connectivity index (χ3n) is 5.39. The Hall–Kier alpha value is -2.57. The third-order valence-corrected chi connectivity index (χ3v) is 5.64. The van der Waals surface area contributed by atoms with Crippen LogP contribution in [0.2, 0.25) is 5.02 Å². The molecule has 1 atom stereocenters. The van der Waals surface area contributed by atoms with Crippen LogP contribution in [-0.2, 0) is 9.59 Å². The lowest BCUT2D eigenvalue weighted by Crippen LogP contribution is -2.52. The van der Waals surface area contributed by atoms with Crippen molar-refractivity contribution >= 4 is 34.8 Å². The summed E-state index contributed by atoms with van der Waals surface area (Å²) < 4.78 is 5.46. The highest BCUT2D eigenvalue weighted by molar-refractivity contribution is 6.30. The number of benzene rings is 2. The summed E-state index contributed by atoms with van der Waals surface area (Å²) in [5, 5.41) is 0.576. The number of imide groups is 1. The first kappa shape index (κ1) is 18.8. The molecule has 28 heavy (non-hydrogen) atoms. The summed E-state index contributed by atoms with van der Waals surface area (Å²) in [4.78, 5) is 31.1. The van der Waals surface area contributed by atoms with E-state index in [0.29, 0.717) is 10.7 Å². The lowest BCUT2D eigenvalue weighted by atomic mass is 10.1. The third kappa shape index (κ3) is 3.45. The van der Waals surface area contributed by atoms with E-state index in [-0.39, 0.29) is 18.2 Å². The van der Waals surface area contributed by atoms with Gasteiger partial charge in [0.2, 0.25) is 5.91 Å². The Morgan fingerprint density at radius 2 is 1.64 bits per heavy atom. The number of halogens is 1. The topological polar surface area (TPSA) is 53.1 Å². The summed E-state index contributed by atoms with van der Waals surface area (Å²) in [6, 6.07) is 14.3. The Morgan fingerprint density at radius 3 is 2.32 bits per heavy atom.